The molecule has 1 aromatic heterocycles. The highest BCUT2D eigenvalue weighted by Gasteiger charge is 2.20. The number of nitrogens with one attached hydrogen (secondary N) is 1. The zero-order valence-electron chi connectivity index (χ0n) is 12.4. The van der Waals surface area contributed by atoms with Crippen molar-refractivity contribution in [2.75, 3.05) is 11.1 Å². The molecule has 0 fully saturated rings. The summed E-state index contributed by atoms with van der Waals surface area (Å²) >= 11 is 0. The molecule has 3 rings (SSSR count). The van der Waals surface area contributed by atoms with Crippen LogP contribution in [0.1, 0.15) is 40.7 Å². The first-order chi connectivity index (χ1) is 10.1. The molecular weight excluding hydrogens is 264 g/mol. The van der Waals surface area contributed by atoms with E-state index in [0.717, 1.165) is 18.5 Å². The van der Waals surface area contributed by atoms with Gasteiger partial charge in [-0.25, -0.2) is 0 Å². The van der Waals surface area contributed by atoms with Crippen LogP contribution in [0.3, 0.4) is 0 Å². The van der Waals surface area contributed by atoms with Gasteiger partial charge in [-0.1, -0.05) is 6.07 Å². The molecule has 0 saturated carbocycles. The summed E-state index contributed by atoms with van der Waals surface area (Å²) in [4.78, 5) is 12.5. The summed E-state index contributed by atoms with van der Waals surface area (Å²) in [5.41, 5.74) is 11.1. The lowest BCUT2D eigenvalue weighted by Crippen LogP contribution is -2.19. The van der Waals surface area contributed by atoms with Crippen molar-refractivity contribution in [2.24, 2.45) is 0 Å². The summed E-state index contributed by atoms with van der Waals surface area (Å²) in [6.07, 6.45) is 3.42. The van der Waals surface area contributed by atoms with Gasteiger partial charge < -0.3 is 11.1 Å². The molecule has 1 aromatic carbocycles. The number of rotatable bonds is 3. The van der Waals surface area contributed by atoms with Crippen LogP contribution in [-0.2, 0) is 19.4 Å². The number of aryl methyl sites for hydroxylation is 4. The van der Waals surface area contributed by atoms with Gasteiger partial charge in [0, 0.05) is 12.2 Å². The highest BCUT2D eigenvalue weighted by molar-refractivity contribution is 6.06. The van der Waals surface area contributed by atoms with Crippen molar-refractivity contribution in [3.63, 3.8) is 0 Å². The quantitative estimate of drug-likeness (QED) is 0.909. The Kier molecular flexibility index (Phi) is 3.41. The lowest BCUT2D eigenvalue weighted by molar-refractivity contribution is 0.101. The minimum absolute atomic E-state index is 0.201. The fourth-order valence-electron chi connectivity index (χ4n) is 2.90. The van der Waals surface area contributed by atoms with Crippen LogP contribution in [0.5, 0.6) is 0 Å². The SMILES string of the molecule is CCn1nc(C)c(N)c1C(=O)Nc1ccc2c(c1)CCC2. The number of hydrogen-bond donors (Lipinski definition) is 2. The number of nitrogen functional groups attached to an aromatic ring is 1. The molecule has 1 heterocycles. The number of fused-ring (bicyclic) bond motifs is 1. The molecule has 0 unspecified atom stereocenters. The number of hydrogen-bond acceptors (Lipinski definition) is 3. The number of benzene rings is 1. The predicted octanol–water partition coefficient (Wildman–Crippen LogP) is 2.53. The van der Waals surface area contributed by atoms with E-state index >= 15 is 0 Å². The Labute approximate surface area is 124 Å². The molecular formula is C16H20N4O. The van der Waals surface area contributed by atoms with Crippen molar-refractivity contribution < 1.29 is 4.79 Å². The van der Waals surface area contributed by atoms with Gasteiger partial charge in [-0.3, -0.25) is 9.48 Å². The van der Waals surface area contributed by atoms with Crippen molar-refractivity contribution in [3.8, 4) is 0 Å². The Hall–Kier alpha value is -2.30. The van der Waals surface area contributed by atoms with Crippen LogP contribution in [0.4, 0.5) is 11.4 Å². The van der Waals surface area contributed by atoms with E-state index in [1.54, 1.807) is 4.68 Å². The second-order valence-corrected chi connectivity index (χ2v) is 5.45. The van der Waals surface area contributed by atoms with Gasteiger partial charge in [0.2, 0.25) is 0 Å². The maximum atomic E-state index is 12.5. The van der Waals surface area contributed by atoms with E-state index in [9.17, 15) is 4.79 Å². The summed E-state index contributed by atoms with van der Waals surface area (Å²) < 4.78 is 1.65. The van der Waals surface area contributed by atoms with Gasteiger partial charge in [0.25, 0.3) is 5.91 Å². The average molecular weight is 284 g/mol. The van der Waals surface area contributed by atoms with E-state index in [2.05, 4.69) is 22.5 Å². The van der Waals surface area contributed by atoms with Crippen LogP contribution >= 0.6 is 0 Å². The molecule has 0 bridgehead atoms. The second kappa shape index (κ2) is 5.24. The number of nitrogens with zero attached hydrogens (tertiary/aromatic N) is 2. The van der Waals surface area contributed by atoms with E-state index < -0.39 is 0 Å². The summed E-state index contributed by atoms with van der Waals surface area (Å²) in [7, 11) is 0. The van der Waals surface area contributed by atoms with Crippen molar-refractivity contribution in [2.45, 2.75) is 39.7 Å². The number of anilines is 2. The van der Waals surface area contributed by atoms with E-state index in [1.807, 2.05) is 19.9 Å². The van der Waals surface area contributed by atoms with E-state index in [4.69, 9.17) is 5.73 Å². The summed E-state index contributed by atoms with van der Waals surface area (Å²) in [5, 5.41) is 7.22. The molecule has 1 amide bonds. The van der Waals surface area contributed by atoms with Crippen LogP contribution in [0.2, 0.25) is 0 Å². The standard InChI is InChI=1S/C16H20N4O/c1-3-20-15(14(17)10(2)19-20)16(21)18-13-8-7-11-5-4-6-12(11)9-13/h7-9H,3-6,17H2,1-2H3,(H,18,21). The summed E-state index contributed by atoms with van der Waals surface area (Å²) in [6.45, 7) is 4.37. The van der Waals surface area contributed by atoms with Crippen LogP contribution in [0.15, 0.2) is 18.2 Å². The number of amides is 1. The lowest BCUT2D eigenvalue weighted by atomic mass is 10.1. The van der Waals surface area contributed by atoms with E-state index in [0.29, 0.717) is 23.6 Å². The van der Waals surface area contributed by atoms with Crippen LogP contribution in [-0.4, -0.2) is 15.7 Å². The number of aromatic nitrogens is 2. The highest BCUT2D eigenvalue weighted by atomic mass is 16.2. The van der Waals surface area contributed by atoms with Crippen LogP contribution in [0, 0.1) is 6.92 Å². The molecule has 2 aromatic rings. The predicted molar refractivity (Wildman–Crippen MR) is 83.5 cm³/mol. The first kappa shape index (κ1) is 13.7. The minimum atomic E-state index is -0.201. The van der Waals surface area contributed by atoms with Gasteiger partial charge in [0.15, 0.2) is 0 Å². The topological polar surface area (TPSA) is 72.9 Å². The van der Waals surface area contributed by atoms with Gasteiger partial charge in [-0.05, 0) is 56.4 Å². The minimum Gasteiger partial charge on any atom is -0.395 e. The normalized spacial score (nSPS) is 13.2. The number of nitrogens with two attached hydrogens (primary N) is 1. The molecule has 1 aliphatic rings. The number of carbonyl (C=O) groups excluding carboxylic acids is 1. The highest BCUT2D eigenvalue weighted by Crippen LogP contribution is 2.25. The maximum Gasteiger partial charge on any atom is 0.276 e. The van der Waals surface area contributed by atoms with Crippen LogP contribution in [0.25, 0.3) is 0 Å². The van der Waals surface area contributed by atoms with Crippen molar-refractivity contribution in [3.05, 3.63) is 40.7 Å². The fraction of sp³-hybridized carbons (Fsp3) is 0.375. The first-order valence-corrected chi connectivity index (χ1v) is 7.36. The second-order valence-electron chi connectivity index (χ2n) is 5.45. The molecule has 5 heteroatoms. The van der Waals surface area contributed by atoms with Gasteiger partial charge in [-0.15, -0.1) is 0 Å². The summed E-state index contributed by atoms with van der Waals surface area (Å²) in [6, 6.07) is 6.12. The molecule has 21 heavy (non-hydrogen) atoms. The molecule has 3 N–H and O–H groups in total. The Morgan fingerprint density at radius 1 is 1.38 bits per heavy atom. The molecule has 0 radical (unpaired) electrons. The molecule has 0 spiro atoms. The van der Waals surface area contributed by atoms with Gasteiger partial charge in [0.1, 0.15) is 5.69 Å². The fourth-order valence-corrected chi connectivity index (χ4v) is 2.90. The van der Waals surface area contributed by atoms with Crippen molar-refractivity contribution in [1.29, 1.82) is 0 Å². The van der Waals surface area contributed by atoms with Crippen molar-refractivity contribution >= 4 is 17.3 Å². The first-order valence-electron chi connectivity index (χ1n) is 7.36. The van der Waals surface area contributed by atoms with Crippen LogP contribution < -0.4 is 11.1 Å². The Morgan fingerprint density at radius 2 is 2.14 bits per heavy atom. The molecule has 0 aliphatic heterocycles. The lowest BCUT2D eigenvalue weighted by Gasteiger charge is -2.09. The van der Waals surface area contributed by atoms with Gasteiger partial charge >= 0.3 is 0 Å². The third kappa shape index (κ3) is 2.39. The Balaban J connectivity index is 1.87. The third-order valence-corrected chi connectivity index (χ3v) is 4.04. The molecule has 0 saturated heterocycles. The average Bonchev–Trinajstić information content (AvgIpc) is 3.03. The maximum absolute atomic E-state index is 12.5. The monoisotopic (exact) mass is 284 g/mol. The van der Waals surface area contributed by atoms with E-state index in [-0.39, 0.29) is 5.91 Å². The molecule has 5 nitrogen and oxygen atoms in total. The van der Waals surface area contributed by atoms with Gasteiger partial charge in [0.05, 0.1) is 11.4 Å². The smallest absolute Gasteiger partial charge is 0.276 e. The Bertz CT molecular complexity index is 703. The molecule has 110 valence electrons. The molecule has 1 aliphatic carbocycles. The largest absolute Gasteiger partial charge is 0.395 e. The zero-order valence-corrected chi connectivity index (χ0v) is 12.4. The van der Waals surface area contributed by atoms with E-state index in [1.165, 1.54) is 17.5 Å². The number of carbonyl (C=O) groups is 1. The third-order valence-electron chi connectivity index (χ3n) is 4.04. The zero-order chi connectivity index (χ0) is 15.0. The van der Waals surface area contributed by atoms with Crippen molar-refractivity contribution in [1.82, 2.24) is 9.78 Å². The molecule has 0 atom stereocenters. The Morgan fingerprint density at radius 3 is 2.90 bits per heavy atom. The summed E-state index contributed by atoms with van der Waals surface area (Å²) in [5.74, 6) is -0.201. The van der Waals surface area contributed by atoms with Gasteiger partial charge in [-0.2, -0.15) is 5.10 Å².